The summed E-state index contributed by atoms with van der Waals surface area (Å²) in [5.74, 6) is 0.175. The van der Waals surface area contributed by atoms with E-state index in [-0.39, 0.29) is 17.4 Å². The van der Waals surface area contributed by atoms with E-state index in [0.717, 1.165) is 32.1 Å². The van der Waals surface area contributed by atoms with Gasteiger partial charge in [0.2, 0.25) is 5.91 Å². The van der Waals surface area contributed by atoms with Crippen molar-refractivity contribution in [2.45, 2.75) is 64.5 Å². The van der Waals surface area contributed by atoms with E-state index in [9.17, 15) is 4.79 Å². The summed E-state index contributed by atoms with van der Waals surface area (Å²) in [5.41, 5.74) is 0.0691. The predicted octanol–water partition coefficient (Wildman–Crippen LogP) is 1.76. The number of nitrogens with zero attached hydrogens (tertiary/aromatic N) is 1. The molecule has 1 aliphatic heterocycles. The molecule has 1 atom stereocenters. The number of rotatable bonds is 5. The zero-order chi connectivity index (χ0) is 14.6. The van der Waals surface area contributed by atoms with E-state index in [0.29, 0.717) is 0 Å². The molecule has 0 radical (unpaired) electrons. The molecule has 4 nitrogen and oxygen atoms in total. The molecular formula is C16H31N3O. The van der Waals surface area contributed by atoms with Crippen molar-refractivity contribution in [1.82, 2.24) is 15.5 Å². The Hall–Kier alpha value is -0.610. The van der Waals surface area contributed by atoms with E-state index in [1.54, 1.807) is 0 Å². The van der Waals surface area contributed by atoms with Gasteiger partial charge < -0.3 is 15.5 Å². The topological polar surface area (TPSA) is 44.4 Å². The molecule has 0 aromatic heterocycles. The summed E-state index contributed by atoms with van der Waals surface area (Å²) in [7, 11) is 2.19. The minimum atomic E-state index is -0.0342. The fourth-order valence-corrected chi connectivity index (χ4v) is 3.64. The van der Waals surface area contributed by atoms with Crippen LogP contribution in [0.4, 0.5) is 0 Å². The monoisotopic (exact) mass is 281 g/mol. The van der Waals surface area contributed by atoms with Gasteiger partial charge in [-0.25, -0.2) is 0 Å². The lowest BCUT2D eigenvalue weighted by Crippen LogP contribution is -2.56. The second-order valence-electron chi connectivity index (χ2n) is 7.19. The fraction of sp³-hybridized carbons (Fsp3) is 0.938. The molecule has 2 aliphatic rings. The average molecular weight is 281 g/mol. The van der Waals surface area contributed by atoms with Crippen LogP contribution in [0.3, 0.4) is 0 Å². The summed E-state index contributed by atoms with van der Waals surface area (Å²) in [4.78, 5) is 14.7. The first-order valence-corrected chi connectivity index (χ1v) is 8.22. The molecule has 2 fully saturated rings. The Bertz CT molecular complexity index is 324. The van der Waals surface area contributed by atoms with Crippen molar-refractivity contribution in [3.63, 3.8) is 0 Å². The zero-order valence-electron chi connectivity index (χ0n) is 13.4. The number of amides is 1. The lowest BCUT2D eigenvalue weighted by atomic mass is 9.77. The summed E-state index contributed by atoms with van der Waals surface area (Å²) in [6, 6.07) is 0.698. The van der Waals surface area contributed by atoms with E-state index in [1.165, 1.54) is 32.1 Å². The lowest BCUT2D eigenvalue weighted by Gasteiger charge is -2.38. The summed E-state index contributed by atoms with van der Waals surface area (Å²) < 4.78 is 0. The highest BCUT2D eigenvalue weighted by atomic mass is 16.2. The van der Waals surface area contributed by atoms with Crippen LogP contribution in [0.2, 0.25) is 0 Å². The van der Waals surface area contributed by atoms with E-state index >= 15 is 0 Å². The fourth-order valence-electron chi connectivity index (χ4n) is 3.64. The molecule has 1 saturated heterocycles. The summed E-state index contributed by atoms with van der Waals surface area (Å²) in [6.45, 7) is 7.06. The lowest BCUT2D eigenvalue weighted by molar-refractivity contribution is -0.126. The maximum Gasteiger partial charge on any atom is 0.237 e. The van der Waals surface area contributed by atoms with Crippen LogP contribution in [0.25, 0.3) is 0 Å². The maximum absolute atomic E-state index is 12.3. The first-order valence-electron chi connectivity index (χ1n) is 8.22. The molecule has 1 amide bonds. The molecule has 1 heterocycles. The number of likely N-dealkylation sites (N-methyl/N-ethyl adjacent to an activating group) is 1. The van der Waals surface area contributed by atoms with Gasteiger partial charge in [-0.05, 0) is 44.7 Å². The second kappa shape index (κ2) is 6.90. The zero-order valence-corrected chi connectivity index (χ0v) is 13.4. The molecule has 0 spiro atoms. The molecule has 4 heteroatoms. The van der Waals surface area contributed by atoms with Crippen molar-refractivity contribution >= 4 is 5.91 Å². The van der Waals surface area contributed by atoms with Gasteiger partial charge in [0.15, 0.2) is 0 Å². The van der Waals surface area contributed by atoms with Gasteiger partial charge in [0, 0.05) is 19.1 Å². The van der Waals surface area contributed by atoms with Crippen LogP contribution in [-0.2, 0) is 4.79 Å². The smallest absolute Gasteiger partial charge is 0.237 e. The van der Waals surface area contributed by atoms with E-state index in [1.807, 2.05) is 0 Å². The molecule has 20 heavy (non-hydrogen) atoms. The Balaban J connectivity index is 1.71. The average Bonchev–Trinajstić information content (AvgIpc) is 2.91. The number of carbonyl (C=O) groups excluding carboxylic acids is 1. The quantitative estimate of drug-likeness (QED) is 0.807. The van der Waals surface area contributed by atoms with Crippen LogP contribution in [0, 0.1) is 5.41 Å². The highest BCUT2D eigenvalue weighted by Crippen LogP contribution is 2.30. The predicted molar refractivity (Wildman–Crippen MR) is 82.7 cm³/mol. The first kappa shape index (κ1) is 15.8. The Kier molecular flexibility index (Phi) is 5.44. The molecule has 2 rings (SSSR count). The largest absolute Gasteiger partial charge is 0.353 e. The number of hydrogen-bond donors (Lipinski definition) is 2. The molecule has 1 saturated carbocycles. The molecule has 0 aromatic carbocycles. The normalized spacial score (nSPS) is 26.9. The van der Waals surface area contributed by atoms with Crippen molar-refractivity contribution in [2.24, 2.45) is 5.41 Å². The third-order valence-corrected chi connectivity index (χ3v) is 5.10. The van der Waals surface area contributed by atoms with E-state index < -0.39 is 0 Å². The summed E-state index contributed by atoms with van der Waals surface area (Å²) in [6.07, 6.45) is 7.66. The summed E-state index contributed by atoms with van der Waals surface area (Å²) in [5, 5.41) is 6.50. The number of piperidine rings is 1. The van der Waals surface area contributed by atoms with Gasteiger partial charge in [0.25, 0.3) is 0 Å². The Labute approximate surface area is 123 Å². The first-order chi connectivity index (χ1) is 9.50. The molecule has 2 N–H and O–H groups in total. The SMILES string of the molecule is CN(CCNC(=O)C1NCCCC1(C)C)C1CCCC1. The number of nitrogens with one attached hydrogen (secondary N) is 2. The van der Waals surface area contributed by atoms with Crippen LogP contribution in [0.1, 0.15) is 52.4 Å². The number of carbonyl (C=O) groups is 1. The van der Waals surface area contributed by atoms with Crippen molar-refractivity contribution < 1.29 is 4.79 Å². The van der Waals surface area contributed by atoms with Gasteiger partial charge in [-0.3, -0.25) is 4.79 Å². The van der Waals surface area contributed by atoms with Gasteiger partial charge in [-0.1, -0.05) is 26.7 Å². The minimum absolute atomic E-state index is 0.0342. The minimum Gasteiger partial charge on any atom is -0.353 e. The molecule has 116 valence electrons. The Morgan fingerprint density at radius 1 is 1.30 bits per heavy atom. The van der Waals surface area contributed by atoms with Gasteiger partial charge >= 0.3 is 0 Å². The molecule has 1 unspecified atom stereocenters. The van der Waals surface area contributed by atoms with Crippen molar-refractivity contribution in [3.05, 3.63) is 0 Å². The van der Waals surface area contributed by atoms with Gasteiger partial charge in [0.1, 0.15) is 0 Å². The Morgan fingerprint density at radius 3 is 2.65 bits per heavy atom. The van der Waals surface area contributed by atoms with Crippen LogP contribution >= 0.6 is 0 Å². The van der Waals surface area contributed by atoms with Crippen molar-refractivity contribution in [1.29, 1.82) is 0 Å². The molecule has 0 aromatic rings. The Morgan fingerprint density at radius 2 is 2.00 bits per heavy atom. The van der Waals surface area contributed by atoms with Crippen LogP contribution in [0.15, 0.2) is 0 Å². The van der Waals surface area contributed by atoms with Crippen molar-refractivity contribution in [2.75, 3.05) is 26.7 Å². The molecule has 1 aliphatic carbocycles. The van der Waals surface area contributed by atoms with E-state index in [4.69, 9.17) is 0 Å². The van der Waals surface area contributed by atoms with Gasteiger partial charge in [-0.15, -0.1) is 0 Å². The highest BCUT2D eigenvalue weighted by molar-refractivity contribution is 5.82. The second-order valence-corrected chi connectivity index (χ2v) is 7.19. The van der Waals surface area contributed by atoms with Crippen LogP contribution in [-0.4, -0.2) is 49.6 Å². The summed E-state index contributed by atoms with van der Waals surface area (Å²) >= 11 is 0. The number of hydrogen-bond acceptors (Lipinski definition) is 3. The third-order valence-electron chi connectivity index (χ3n) is 5.10. The standard InChI is InChI=1S/C16H31N3O/c1-16(2)9-6-10-17-14(16)15(20)18-11-12-19(3)13-7-4-5-8-13/h13-14,17H,4-12H2,1-3H3,(H,18,20). The van der Waals surface area contributed by atoms with Crippen LogP contribution in [0.5, 0.6) is 0 Å². The maximum atomic E-state index is 12.3. The van der Waals surface area contributed by atoms with Gasteiger partial charge in [-0.2, -0.15) is 0 Å². The molecular weight excluding hydrogens is 250 g/mol. The van der Waals surface area contributed by atoms with Crippen molar-refractivity contribution in [3.8, 4) is 0 Å². The third kappa shape index (κ3) is 3.95. The highest BCUT2D eigenvalue weighted by Gasteiger charge is 2.36. The van der Waals surface area contributed by atoms with Gasteiger partial charge in [0.05, 0.1) is 6.04 Å². The van der Waals surface area contributed by atoms with Crippen LogP contribution < -0.4 is 10.6 Å². The molecule has 0 bridgehead atoms. The van der Waals surface area contributed by atoms with E-state index in [2.05, 4.69) is 36.4 Å².